The summed E-state index contributed by atoms with van der Waals surface area (Å²) >= 11 is 0. The summed E-state index contributed by atoms with van der Waals surface area (Å²) in [6.45, 7) is 2.11. The molecule has 0 amide bonds. The summed E-state index contributed by atoms with van der Waals surface area (Å²) in [5.41, 5.74) is -0.654. The SMILES string of the molecule is CCCCC[C@H](O)/C=C/[C@@]1(CCC#N)CC(=O)C[C@H]1O. The number of Topliss-reactive ketones (excluding diaryl/α,β-unsaturated/α-hetero) is 1. The maximum absolute atomic E-state index is 11.5. The van der Waals surface area contributed by atoms with Gasteiger partial charge in [0, 0.05) is 24.7 Å². The van der Waals surface area contributed by atoms with Crippen molar-refractivity contribution in [2.24, 2.45) is 5.41 Å². The molecular formula is C16H25NO3. The van der Waals surface area contributed by atoms with Crippen LogP contribution in [0.2, 0.25) is 0 Å². The molecule has 1 aliphatic rings. The molecule has 1 rings (SSSR count). The Hall–Kier alpha value is -1.18. The molecule has 0 unspecified atom stereocenters. The summed E-state index contributed by atoms with van der Waals surface area (Å²) in [5.74, 6) is 0.0283. The molecule has 3 atom stereocenters. The average molecular weight is 279 g/mol. The predicted octanol–water partition coefficient (Wildman–Crippen LogP) is 2.50. The fourth-order valence-corrected chi connectivity index (χ4v) is 2.78. The second-order valence-electron chi connectivity index (χ2n) is 5.75. The maximum atomic E-state index is 11.5. The number of ketones is 1. The first-order chi connectivity index (χ1) is 9.54. The number of rotatable bonds is 8. The topological polar surface area (TPSA) is 81.3 Å². The third-order valence-electron chi connectivity index (χ3n) is 4.07. The third kappa shape index (κ3) is 4.73. The van der Waals surface area contributed by atoms with Crippen molar-refractivity contribution < 1.29 is 15.0 Å². The Labute approximate surface area is 121 Å². The smallest absolute Gasteiger partial charge is 0.136 e. The fourth-order valence-electron chi connectivity index (χ4n) is 2.78. The Bertz CT molecular complexity index is 386. The highest BCUT2D eigenvalue weighted by atomic mass is 16.3. The molecule has 0 aromatic rings. The number of nitrogens with zero attached hydrogens (tertiary/aromatic N) is 1. The van der Waals surface area contributed by atoms with Crippen LogP contribution in [0.5, 0.6) is 0 Å². The largest absolute Gasteiger partial charge is 0.392 e. The predicted molar refractivity (Wildman–Crippen MR) is 76.8 cm³/mol. The first-order valence-electron chi connectivity index (χ1n) is 7.48. The van der Waals surface area contributed by atoms with Crippen molar-refractivity contribution in [3.05, 3.63) is 12.2 Å². The summed E-state index contributed by atoms with van der Waals surface area (Å²) in [4.78, 5) is 11.5. The highest BCUT2D eigenvalue weighted by Crippen LogP contribution is 2.42. The zero-order valence-corrected chi connectivity index (χ0v) is 12.2. The lowest BCUT2D eigenvalue weighted by atomic mass is 9.79. The van der Waals surface area contributed by atoms with Crippen molar-refractivity contribution in [1.29, 1.82) is 5.26 Å². The molecule has 1 aliphatic carbocycles. The lowest BCUT2D eigenvalue weighted by Crippen LogP contribution is -2.28. The molecule has 4 nitrogen and oxygen atoms in total. The van der Waals surface area contributed by atoms with Crippen LogP contribution in [0.1, 0.15) is 58.3 Å². The minimum absolute atomic E-state index is 0.0283. The number of hydrogen-bond acceptors (Lipinski definition) is 4. The van der Waals surface area contributed by atoms with Gasteiger partial charge in [0.05, 0.1) is 18.3 Å². The number of unbranched alkanes of at least 4 members (excludes halogenated alkanes) is 2. The van der Waals surface area contributed by atoms with Gasteiger partial charge in [0.25, 0.3) is 0 Å². The molecule has 1 saturated carbocycles. The van der Waals surface area contributed by atoms with Gasteiger partial charge in [0.1, 0.15) is 5.78 Å². The molecule has 0 bridgehead atoms. The number of hydrogen-bond donors (Lipinski definition) is 2. The molecule has 0 aromatic carbocycles. The number of carbonyl (C=O) groups excluding carboxylic acids is 1. The van der Waals surface area contributed by atoms with Crippen LogP contribution >= 0.6 is 0 Å². The van der Waals surface area contributed by atoms with Crippen molar-refractivity contribution in [3.63, 3.8) is 0 Å². The molecule has 4 heteroatoms. The maximum Gasteiger partial charge on any atom is 0.136 e. The van der Waals surface area contributed by atoms with Gasteiger partial charge in [-0.3, -0.25) is 4.79 Å². The summed E-state index contributed by atoms with van der Waals surface area (Å²) in [7, 11) is 0. The first kappa shape index (κ1) is 16.9. The molecular weight excluding hydrogens is 254 g/mol. The van der Waals surface area contributed by atoms with Crippen LogP contribution in [0, 0.1) is 16.7 Å². The minimum Gasteiger partial charge on any atom is -0.392 e. The monoisotopic (exact) mass is 279 g/mol. The molecule has 2 N–H and O–H groups in total. The summed E-state index contributed by atoms with van der Waals surface area (Å²) in [5, 5.41) is 28.7. The van der Waals surface area contributed by atoms with E-state index < -0.39 is 17.6 Å². The fraction of sp³-hybridized carbons (Fsp3) is 0.750. The van der Waals surface area contributed by atoms with E-state index in [1.165, 1.54) is 0 Å². The van der Waals surface area contributed by atoms with Crippen LogP contribution in [0.3, 0.4) is 0 Å². The van der Waals surface area contributed by atoms with E-state index >= 15 is 0 Å². The van der Waals surface area contributed by atoms with Crippen molar-refractivity contribution in [3.8, 4) is 6.07 Å². The Kier molecular flexibility index (Phi) is 6.90. The van der Waals surface area contributed by atoms with E-state index in [2.05, 4.69) is 13.0 Å². The van der Waals surface area contributed by atoms with Gasteiger partial charge in [0.2, 0.25) is 0 Å². The third-order valence-corrected chi connectivity index (χ3v) is 4.07. The zero-order valence-electron chi connectivity index (χ0n) is 12.2. The Morgan fingerprint density at radius 3 is 2.85 bits per heavy atom. The number of aliphatic hydroxyl groups excluding tert-OH is 2. The highest BCUT2D eigenvalue weighted by molar-refractivity contribution is 5.83. The molecule has 0 aliphatic heterocycles. The average Bonchev–Trinajstić information content (AvgIpc) is 2.69. The van der Waals surface area contributed by atoms with Gasteiger partial charge >= 0.3 is 0 Å². The normalized spacial score (nSPS) is 27.9. The van der Waals surface area contributed by atoms with Crippen molar-refractivity contribution in [1.82, 2.24) is 0 Å². The van der Waals surface area contributed by atoms with Gasteiger partial charge in [-0.25, -0.2) is 0 Å². The Morgan fingerprint density at radius 1 is 1.55 bits per heavy atom. The number of carbonyl (C=O) groups is 1. The van der Waals surface area contributed by atoms with Crippen molar-refractivity contribution >= 4 is 5.78 Å². The quantitative estimate of drug-likeness (QED) is 0.528. The summed E-state index contributed by atoms with van der Waals surface area (Å²) < 4.78 is 0. The second-order valence-corrected chi connectivity index (χ2v) is 5.75. The molecule has 112 valence electrons. The summed E-state index contributed by atoms with van der Waals surface area (Å²) in [6.07, 6.45) is 7.25. The van der Waals surface area contributed by atoms with Crippen molar-refractivity contribution in [2.45, 2.75) is 70.5 Å². The molecule has 1 fully saturated rings. The van der Waals surface area contributed by atoms with Gasteiger partial charge in [0.15, 0.2) is 0 Å². The van der Waals surface area contributed by atoms with Crippen molar-refractivity contribution in [2.75, 3.05) is 0 Å². The van der Waals surface area contributed by atoms with Crippen LogP contribution in [-0.2, 0) is 4.79 Å². The Morgan fingerprint density at radius 2 is 2.30 bits per heavy atom. The van der Waals surface area contributed by atoms with Gasteiger partial charge in [-0.2, -0.15) is 5.26 Å². The number of nitriles is 1. The standard InChI is InChI=1S/C16H25NO3/c1-2-3-4-6-13(18)7-9-16(8-5-10-17)12-14(19)11-15(16)20/h7,9,13,15,18,20H,2-6,8,11-12H2,1H3/b9-7+/t13-,15+,16-/m0/s1. The lowest BCUT2D eigenvalue weighted by molar-refractivity contribution is -0.118. The summed E-state index contributed by atoms with van der Waals surface area (Å²) in [6, 6.07) is 2.07. The van der Waals surface area contributed by atoms with E-state index in [4.69, 9.17) is 5.26 Å². The molecule has 20 heavy (non-hydrogen) atoms. The van der Waals surface area contributed by atoms with Gasteiger partial charge in [-0.15, -0.1) is 0 Å². The van der Waals surface area contributed by atoms with Gasteiger partial charge in [-0.1, -0.05) is 38.3 Å². The van der Waals surface area contributed by atoms with E-state index in [1.54, 1.807) is 12.2 Å². The van der Waals surface area contributed by atoms with E-state index in [-0.39, 0.29) is 18.6 Å². The Balaban J connectivity index is 2.65. The van der Waals surface area contributed by atoms with Crippen LogP contribution < -0.4 is 0 Å². The molecule has 0 radical (unpaired) electrons. The molecule has 0 aromatic heterocycles. The van der Waals surface area contributed by atoms with E-state index in [0.717, 1.165) is 19.3 Å². The van der Waals surface area contributed by atoms with Gasteiger partial charge < -0.3 is 10.2 Å². The second kappa shape index (κ2) is 8.18. The van der Waals surface area contributed by atoms with E-state index in [1.807, 2.05) is 0 Å². The molecule has 0 heterocycles. The van der Waals surface area contributed by atoms with Crippen LogP contribution in [0.15, 0.2) is 12.2 Å². The zero-order chi connectivity index (χ0) is 15.0. The van der Waals surface area contributed by atoms with E-state index in [0.29, 0.717) is 19.3 Å². The number of aliphatic hydroxyl groups is 2. The van der Waals surface area contributed by atoms with Crippen LogP contribution in [0.25, 0.3) is 0 Å². The minimum atomic E-state index is -0.734. The molecule has 0 spiro atoms. The van der Waals surface area contributed by atoms with Crippen LogP contribution in [0.4, 0.5) is 0 Å². The highest BCUT2D eigenvalue weighted by Gasteiger charge is 2.43. The van der Waals surface area contributed by atoms with Gasteiger partial charge in [-0.05, 0) is 12.8 Å². The van der Waals surface area contributed by atoms with Crippen LogP contribution in [-0.4, -0.2) is 28.2 Å². The van der Waals surface area contributed by atoms with E-state index in [9.17, 15) is 15.0 Å². The molecule has 0 saturated heterocycles. The first-order valence-corrected chi connectivity index (χ1v) is 7.48. The lowest BCUT2D eigenvalue weighted by Gasteiger charge is -2.28.